The molecule has 2 heterocycles. The molecule has 1 aliphatic rings. The number of anilines is 1. The Hall–Kier alpha value is -2.70. The van der Waals surface area contributed by atoms with Crippen molar-refractivity contribution in [1.82, 2.24) is 9.97 Å². The Labute approximate surface area is 180 Å². The standard InChI is InChI=1S/C23H24ClN3O3/c1-13-6-18(10-20(13)28)27-23-19(11-25-12-26-23)22(29)21-9-16(14(2)30-21)7-15-4-3-5-17(24)8-15/h3-5,8-9,11-13,18,20,28H,6-7,10H2,1-2H3,(H,25,26,27)/t13-,18-,20+/m1/s1. The van der Waals surface area contributed by atoms with Gasteiger partial charge in [0.15, 0.2) is 5.76 Å². The van der Waals surface area contributed by atoms with Crippen LogP contribution >= 0.6 is 11.6 Å². The molecule has 1 aromatic carbocycles. The summed E-state index contributed by atoms with van der Waals surface area (Å²) in [6.45, 7) is 3.87. The summed E-state index contributed by atoms with van der Waals surface area (Å²) < 4.78 is 5.79. The smallest absolute Gasteiger partial charge is 0.233 e. The number of aromatic nitrogens is 2. The van der Waals surface area contributed by atoms with Crippen molar-refractivity contribution in [2.75, 3.05) is 5.32 Å². The number of rotatable bonds is 6. The highest BCUT2D eigenvalue weighted by atomic mass is 35.5. The molecule has 0 saturated heterocycles. The number of benzene rings is 1. The van der Waals surface area contributed by atoms with Crippen LogP contribution in [0.15, 0.2) is 47.3 Å². The van der Waals surface area contributed by atoms with Gasteiger partial charge < -0.3 is 14.8 Å². The number of carbonyl (C=O) groups is 1. The summed E-state index contributed by atoms with van der Waals surface area (Å²) >= 11 is 6.08. The van der Waals surface area contributed by atoms with Crippen molar-refractivity contribution in [3.63, 3.8) is 0 Å². The first-order chi connectivity index (χ1) is 14.4. The lowest BCUT2D eigenvalue weighted by molar-refractivity contribution is 0.101. The van der Waals surface area contributed by atoms with Gasteiger partial charge in [0.2, 0.25) is 5.78 Å². The first kappa shape index (κ1) is 20.6. The lowest BCUT2D eigenvalue weighted by Crippen LogP contribution is -2.20. The fourth-order valence-electron chi connectivity index (χ4n) is 3.95. The second-order valence-electron chi connectivity index (χ2n) is 7.97. The number of nitrogens with one attached hydrogen (secondary N) is 1. The average Bonchev–Trinajstić information content (AvgIpc) is 3.23. The number of aliphatic hydroxyl groups is 1. The Balaban J connectivity index is 1.55. The van der Waals surface area contributed by atoms with Crippen LogP contribution in [0.25, 0.3) is 0 Å². The molecular formula is C23H24ClN3O3. The Morgan fingerprint density at radius 1 is 1.33 bits per heavy atom. The van der Waals surface area contributed by atoms with E-state index < -0.39 is 0 Å². The third-order valence-corrected chi connectivity index (χ3v) is 5.90. The third-order valence-electron chi connectivity index (χ3n) is 5.66. The van der Waals surface area contributed by atoms with E-state index in [1.807, 2.05) is 38.1 Å². The number of aliphatic hydroxyl groups excluding tert-OH is 1. The zero-order valence-electron chi connectivity index (χ0n) is 16.9. The molecule has 3 aromatic rings. The topological polar surface area (TPSA) is 88.2 Å². The molecule has 0 spiro atoms. The van der Waals surface area contributed by atoms with Crippen LogP contribution in [0, 0.1) is 12.8 Å². The molecule has 4 rings (SSSR count). The van der Waals surface area contributed by atoms with Gasteiger partial charge in [0, 0.05) is 23.7 Å². The summed E-state index contributed by atoms with van der Waals surface area (Å²) in [7, 11) is 0. The van der Waals surface area contributed by atoms with Crippen molar-refractivity contribution in [2.24, 2.45) is 5.92 Å². The van der Waals surface area contributed by atoms with Crippen molar-refractivity contribution >= 4 is 23.2 Å². The van der Waals surface area contributed by atoms with Gasteiger partial charge >= 0.3 is 0 Å². The van der Waals surface area contributed by atoms with Gasteiger partial charge in [-0.2, -0.15) is 0 Å². The fraction of sp³-hybridized carbons (Fsp3) is 0.348. The van der Waals surface area contributed by atoms with Gasteiger partial charge in [-0.05, 0) is 55.0 Å². The molecular weight excluding hydrogens is 402 g/mol. The zero-order chi connectivity index (χ0) is 21.3. The number of hydrogen-bond donors (Lipinski definition) is 2. The van der Waals surface area contributed by atoms with Crippen LogP contribution < -0.4 is 5.32 Å². The number of hydrogen-bond acceptors (Lipinski definition) is 6. The fourth-order valence-corrected chi connectivity index (χ4v) is 4.17. The van der Waals surface area contributed by atoms with Crippen molar-refractivity contribution in [2.45, 2.75) is 45.3 Å². The van der Waals surface area contributed by atoms with Gasteiger partial charge in [-0.1, -0.05) is 30.7 Å². The Morgan fingerprint density at radius 2 is 2.17 bits per heavy atom. The summed E-state index contributed by atoms with van der Waals surface area (Å²) in [4.78, 5) is 21.4. The molecule has 156 valence electrons. The number of ketones is 1. The number of furan rings is 1. The van der Waals surface area contributed by atoms with Crippen molar-refractivity contribution in [3.8, 4) is 0 Å². The minimum Gasteiger partial charge on any atom is -0.458 e. The first-order valence-corrected chi connectivity index (χ1v) is 10.4. The van der Waals surface area contributed by atoms with Gasteiger partial charge in [-0.15, -0.1) is 0 Å². The Bertz CT molecular complexity index is 1060. The van der Waals surface area contributed by atoms with Crippen LogP contribution in [0.5, 0.6) is 0 Å². The molecule has 0 unspecified atom stereocenters. The zero-order valence-corrected chi connectivity index (χ0v) is 17.7. The van der Waals surface area contributed by atoms with Gasteiger partial charge in [-0.25, -0.2) is 9.97 Å². The van der Waals surface area contributed by atoms with E-state index in [0.717, 1.165) is 17.5 Å². The highest BCUT2D eigenvalue weighted by Gasteiger charge is 2.31. The van der Waals surface area contributed by atoms with Gasteiger partial charge in [0.25, 0.3) is 0 Å². The van der Waals surface area contributed by atoms with Gasteiger partial charge in [0.05, 0.1) is 11.7 Å². The summed E-state index contributed by atoms with van der Waals surface area (Å²) in [5, 5.41) is 14.0. The van der Waals surface area contributed by atoms with Gasteiger partial charge in [-0.3, -0.25) is 4.79 Å². The van der Waals surface area contributed by atoms with Crippen molar-refractivity contribution in [3.05, 3.63) is 76.1 Å². The molecule has 30 heavy (non-hydrogen) atoms. The lowest BCUT2D eigenvalue weighted by Gasteiger charge is -2.14. The predicted octanol–water partition coefficient (Wildman–Crippen LogP) is 4.42. The third kappa shape index (κ3) is 4.40. The maximum atomic E-state index is 13.2. The van der Waals surface area contributed by atoms with Crippen molar-refractivity contribution < 1.29 is 14.3 Å². The molecule has 1 fully saturated rings. The monoisotopic (exact) mass is 425 g/mol. The summed E-state index contributed by atoms with van der Waals surface area (Å²) in [5.74, 6) is 1.35. The summed E-state index contributed by atoms with van der Waals surface area (Å²) in [6.07, 6.45) is 4.64. The molecule has 0 amide bonds. The predicted molar refractivity (Wildman–Crippen MR) is 115 cm³/mol. The van der Waals surface area contributed by atoms with E-state index in [0.29, 0.717) is 35.0 Å². The van der Waals surface area contributed by atoms with E-state index in [1.54, 1.807) is 6.07 Å². The maximum Gasteiger partial charge on any atom is 0.233 e. The minimum absolute atomic E-state index is 0.0631. The highest BCUT2D eigenvalue weighted by Crippen LogP contribution is 2.29. The SMILES string of the molecule is Cc1oc(C(=O)c2cncnc2N[C@@H]2C[C@@H](C)[C@@H](O)C2)cc1Cc1cccc(Cl)c1. The lowest BCUT2D eigenvalue weighted by atomic mass is 10.0. The molecule has 6 nitrogen and oxygen atoms in total. The molecule has 0 bridgehead atoms. The molecule has 1 aliphatic carbocycles. The molecule has 0 aliphatic heterocycles. The molecule has 7 heteroatoms. The van der Waals surface area contributed by atoms with Gasteiger partial charge in [0.1, 0.15) is 17.9 Å². The van der Waals surface area contributed by atoms with Crippen LogP contribution in [0.4, 0.5) is 5.82 Å². The number of halogens is 1. The molecule has 1 saturated carbocycles. The van der Waals surface area contributed by atoms with E-state index in [1.165, 1.54) is 12.5 Å². The summed E-state index contributed by atoms with van der Waals surface area (Å²) in [6, 6.07) is 9.46. The van der Waals surface area contributed by atoms with Crippen LogP contribution in [0.1, 0.15) is 52.8 Å². The average molecular weight is 426 g/mol. The molecule has 3 atom stereocenters. The van der Waals surface area contributed by atoms with E-state index in [-0.39, 0.29) is 29.6 Å². The van der Waals surface area contributed by atoms with E-state index in [9.17, 15) is 9.90 Å². The number of carbonyl (C=O) groups excluding carboxylic acids is 1. The largest absolute Gasteiger partial charge is 0.458 e. The minimum atomic E-state index is -0.342. The van der Waals surface area contributed by atoms with E-state index >= 15 is 0 Å². The highest BCUT2D eigenvalue weighted by molar-refractivity contribution is 6.30. The number of nitrogens with zero attached hydrogens (tertiary/aromatic N) is 2. The van der Waals surface area contributed by atoms with Crippen LogP contribution in [0.2, 0.25) is 5.02 Å². The van der Waals surface area contributed by atoms with Crippen LogP contribution in [0.3, 0.4) is 0 Å². The van der Waals surface area contributed by atoms with Crippen LogP contribution in [-0.2, 0) is 6.42 Å². The molecule has 2 aromatic heterocycles. The van der Waals surface area contributed by atoms with Crippen molar-refractivity contribution in [1.29, 1.82) is 0 Å². The van der Waals surface area contributed by atoms with E-state index in [2.05, 4.69) is 15.3 Å². The number of aryl methyl sites for hydroxylation is 1. The quantitative estimate of drug-likeness (QED) is 0.568. The Morgan fingerprint density at radius 3 is 2.90 bits per heavy atom. The second-order valence-corrected chi connectivity index (χ2v) is 8.41. The van der Waals surface area contributed by atoms with E-state index in [4.69, 9.17) is 16.0 Å². The first-order valence-electron chi connectivity index (χ1n) is 10.0. The summed E-state index contributed by atoms with van der Waals surface area (Å²) in [5.41, 5.74) is 2.33. The molecule has 0 radical (unpaired) electrons. The molecule has 2 N–H and O–H groups in total. The maximum absolute atomic E-state index is 13.2. The van der Waals surface area contributed by atoms with Crippen LogP contribution in [-0.4, -0.2) is 33.0 Å². The second kappa shape index (κ2) is 8.58. The Kier molecular flexibility index (Phi) is 5.88. The normalized spacial score (nSPS) is 21.0.